The molecule has 0 spiro atoms. The van der Waals surface area contributed by atoms with Gasteiger partial charge in [-0.2, -0.15) is 0 Å². The lowest BCUT2D eigenvalue weighted by Crippen LogP contribution is -1.98. The van der Waals surface area contributed by atoms with Crippen LogP contribution >= 0.6 is 15.9 Å². The molecule has 0 saturated carbocycles. The van der Waals surface area contributed by atoms with Gasteiger partial charge in [0, 0.05) is 9.86 Å². The van der Waals surface area contributed by atoms with Gasteiger partial charge in [-0.3, -0.25) is 0 Å². The molecule has 0 radical (unpaired) electrons. The summed E-state index contributed by atoms with van der Waals surface area (Å²) in [5.74, 6) is 0.649. The average molecular weight is 279 g/mol. The summed E-state index contributed by atoms with van der Waals surface area (Å²) in [5.41, 5.74) is 10.4. The van der Waals surface area contributed by atoms with Crippen LogP contribution in [-0.2, 0) is 6.42 Å². The van der Waals surface area contributed by atoms with Crippen molar-refractivity contribution in [3.8, 4) is 0 Å². The maximum absolute atomic E-state index is 5.91. The number of hydrogen-bond donors (Lipinski definition) is 1. The van der Waals surface area contributed by atoms with Crippen LogP contribution in [0.5, 0.6) is 0 Å². The second kappa shape index (κ2) is 4.06. The summed E-state index contributed by atoms with van der Waals surface area (Å²) in [4.78, 5) is 4.47. The molecular formula is C13H15BrN2. The molecule has 0 bridgehead atoms. The zero-order chi connectivity index (χ0) is 11.9. The lowest BCUT2D eigenvalue weighted by Gasteiger charge is -2.10. The van der Waals surface area contributed by atoms with Gasteiger partial charge in [-0.25, -0.2) is 4.98 Å². The SMILES string of the molecule is CCc1cc2c(C)c(Br)c(C)cc2nc1N. The highest BCUT2D eigenvalue weighted by Crippen LogP contribution is 2.30. The van der Waals surface area contributed by atoms with Crippen molar-refractivity contribution in [3.63, 3.8) is 0 Å². The van der Waals surface area contributed by atoms with Crippen LogP contribution in [0.3, 0.4) is 0 Å². The highest BCUT2D eigenvalue weighted by Gasteiger charge is 2.09. The van der Waals surface area contributed by atoms with Crippen molar-refractivity contribution >= 4 is 32.7 Å². The number of fused-ring (bicyclic) bond motifs is 1. The van der Waals surface area contributed by atoms with Crippen molar-refractivity contribution in [1.82, 2.24) is 4.98 Å². The van der Waals surface area contributed by atoms with Crippen molar-refractivity contribution in [2.75, 3.05) is 5.73 Å². The smallest absolute Gasteiger partial charge is 0.127 e. The van der Waals surface area contributed by atoms with E-state index in [0.717, 1.165) is 22.0 Å². The van der Waals surface area contributed by atoms with E-state index in [4.69, 9.17) is 5.73 Å². The van der Waals surface area contributed by atoms with E-state index in [-0.39, 0.29) is 0 Å². The Labute approximate surface area is 104 Å². The monoisotopic (exact) mass is 278 g/mol. The Morgan fingerprint density at radius 2 is 2.00 bits per heavy atom. The number of benzene rings is 1. The van der Waals surface area contributed by atoms with Crippen molar-refractivity contribution in [2.24, 2.45) is 0 Å². The fraction of sp³-hybridized carbons (Fsp3) is 0.308. The zero-order valence-electron chi connectivity index (χ0n) is 9.76. The number of aryl methyl sites for hydroxylation is 3. The van der Waals surface area contributed by atoms with Crippen LogP contribution in [0.25, 0.3) is 10.9 Å². The Morgan fingerprint density at radius 3 is 2.62 bits per heavy atom. The molecule has 0 aliphatic rings. The third-order valence-electron chi connectivity index (χ3n) is 2.98. The minimum Gasteiger partial charge on any atom is -0.383 e. The third kappa shape index (κ3) is 1.69. The second-order valence-corrected chi connectivity index (χ2v) is 4.88. The summed E-state index contributed by atoms with van der Waals surface area (Å²) in [6.45, 7) is 6.27. The number of nitrogen functional groups attached to an aromatic ring is 1. The number of rotatable bonds is 1. The van der Waals surface area contributed by atoms with E-state index in [2.05, 4.69) is 53.8 Å². The highest BCUT2D eigenvalue weighted by atomic mass is 79.9. The quantitative estimate of drug-likeness (QED) is 0.863. The molecule has 2 aromatic rings. The van der Waals surface area contributed by atoms with Gasteiger partial charge >= 0.3 is 0 Å². The zero-order valence-corrected chi connectivity index (χ0v) is 11.4. The van der Waals surface area contributed by atoms with Crippen LogP contribution in [0, 0.1) is 13.8 Å². The van der Waals surface area contributed by atoms with Gasteiger partial charge in [0.05, 0.1) is 5.52 Å². The lowest BCUT2D eigenvalue weighted by atomic mass is 10.0. The number of nitrogens with two attached hydrogens (primary N) is 1. The molecule has 2 rings (SSSR count). The molecule has 3 heteroatoms. The Kier molecular flexibility index (Phi) is 2.89. The van der Waals surface area contributed by atoms with E-state index in [1.54, 1.807) is 0 Å². The predicted molar refractivity (Wildman–Crippen MR) is 72.7 cm³/mol. The van der Waals surface area contributed by atoms with Gasteiger partial charge in [0.25, 0.3) is 0 Å². The average Bonchev–Trinajstić information content (AvgIpc) is 2.26. The van der Waals surface area contributed by atoms with Gasteiger partial charge in [-0.15, -0.1) is 0 Å². The number of halogens is 1. The third-order valence-corrected chi connectivity index (χ3v) is 4.20. The molecule has 0 amide bonds. The number of nitrogens with zero attached hydrogens (tertiary/aromatic N) is 1. The van der Waals surface area contributed by atoms with Crippen LogP contribution in [0.15, 0.2) is 16.6 Å². The molecule has 0 aliphatic carbocycles. The van der Waals surface area contributed by atoms with E-state index >= 15 is 0 Å². The fourth-order valence-corrected chi connectivity index (χ4v) is 2.29. The first-order valence-electron chi connectivity index (χ1n) is 5.39. The Hall–Kier alpha value is -1.09. The molecule has 0 aliphatic heterocycles. The van der Waals surface area contributed by atoms with Gasteiger partial charge in [0.2, 0.25) is 0 Å². The van der Waals surface area contributed by atoms with Crippen LogP contribution in [0.2, 0.25) is 0 Å². The molecule has 2 nitrogen and oxygen atoms in total. The minimum absolute atomic E-state index is 0.649. The molecule has 1 aromatic carbocycles. The molecule has 1 heterocycles. The molecule has 2 N–H and O–H groups in total. The first-order chi connectivity index (χ1) is 7.54. The summed E-state index contributed by atoms with van der Waals surface area (Å²) in [6, 6.07) is 4.22. The molecule has 84 valence electrons. The van der Waals surface area contributed by atoms with E-state index in [1.165, 1.54) is 16.5 Å². The fourth-order valence-electron chi connectivity index (χ4n) is 1.96. The van der Waals surface area contributed by atoms with Gasteiger partial charge in [-0.1, -0.05) is 22.9 Å². The first-order valence-corrected chi connectivity index (χ1v) is 6.18. The topological polar surface area (TPSA) is 38.9 Å². The maximum atomic E-state index is 5.91. The summed E-state index contributed by atoms with van der Waals surface area (Å²) >= 11 is 3.61. The standard InChI is InChI=1S/C13H15BrN2/c1-4-9-6-10-8(3)12(14)7(2)5-11(10)16-13(9)15/h5-6H,4H2,1-3H3,(H2,15,16). The first kappa shape index (κ1) is 11.4. The van der Waals surface area contributed by atoms with E-state index in [9.17, 15) is 0 Å². The highest BCUT2D eigenvalue weighted by molar-refractivity contribution is 9.10. The van der Waals surface area contributed by atoms with Crippen LogP contribution in [0.1, 0.15) is 23.6 Å². The van der Waals surface area contributed by atoms with Gasteiger partial charge < -0.3 is 5.73 Å². The minimum atomic E-state index is 0.649. The number of anilines is 1. The molecule has 0 atom stereocenters. The summed E-state index contributed by atoms with van der Waals surface area (Å²) in [7, 11) is 0. The Morgan fingerprint density at radius 1 is 1.31 bits per heavy atom. The normalized spacial score (nSPS) is 11.0. The van der Waals surface area contributed by atoms with Gasteiger partial charge in [0.1, 0.15) is 5.82 Å². The Bertz CT molecular complexity index is 562. The molecule has 0 saturated heterocycles. The van der Waals surface area contributed by atoms with E-state index < -0.39 is 0 Å². The van der Waals surface area contributed by atoms with Crippen molar-refractivity contribution in [3.05, 3.63) is 33.3 Å². The molecule has 0 fully saturated rings. The summed E-state index contributed by atoms with van der Waals surface area (Å²) in [6.07, 6.45) is 0.916. The summed E-state index contributed by atoms with van der Waals surface area (Å²) in [5, 5.41) is 1.18. The van der Waals surface area contributed by atoms with Crippen molar-refractivity contribution < 1.29 is 0 Å². The van der Waals surface area contributed by atoms with Gasteiger partial charge in [0.15, 0.2) is 0 Å². The molecule has 0 unspecified atom stereocenters. The van der Waals surface area contributed by atoms with Crippen molar-refractivity contribution in [1.29, 1.82) is 0 Å². The summed E-state index contributed by atoms with van der Waals surface area (Å²) < 4.78 is 1.16. The molecule has 1 aromatic heterocycles. The van der Waals surface area contributed by atoms with E-state index in [0.29, 0.717) is 5.82 Å². The maximum Gasteiger partial charge on any atom is 0.127 e. The van der Waals surface area contributed by atoms with Crippen molar-refractivity contribution in [2.45, 2.75) is 27.2 Å². The van der Waals surface area contributed by atoms with E-state index in [1.807, 2.05) is 0 Å². The van der Waals surface area contributed by atoms with Gasteiger partial charge in [-0.05, 0) is 49.1 Å². The molecular weight excluding hydrogens is 264 g/mol. The number of hydrogen-bond acceptors (Lipinski definition) is 2. The van der Waals surface area contributed by atoms with Crippen LogP contribution in [0.4, 0.5) is 5.82 Å². The molecule has 16 heavy (non-hydrogen) atoms. The largest absolute Gasteiger partial charge is 0.383 e. The van der Waals surface area contributed by atoms with Crippen LogP contribution < -0.4 is 5.73 Å². The van der Waals surface area contributed by atoms with Crippen LogP contribution in [-0.4, -0.2) is 4.98 Å². The predicted octanol–water partition coefficient (Wildman–Crippen LogP) is 3.76. The number of aromatic nitrogens is 1. The lowest BCUT2D eigenvalue weighted by molar-refractivity contribution is 1.12. The Balaban J connectivity index is 2.86. The second-order valence-electron chi connectivity index (χ2n) is 4.09. The number of pyridine rings is 1.